The molecule has 0 aromatic heterocycles. The predicted octanol–water partition coefficient (Wildman–Crippen LogP) is 1.55. The second-order valence-electron chi connectivity index (χ2n) is 4.11. The number of methoxy groups -OCH3 is 1. The monoisotopic (exact) mass is 223 g/mol. The molecule has 1 aromatic carbocycles. The van der Waals surface area contributed by atoms with E-state index in [1.807, 2.05) is 26.1 Å². The Kier molecular flexibility index (Phi) is 5.29. The minimum atomic E-state index is 0.207. The van der Waals surface area contributed by atoms with Gasteiger partial charge in [0.2, 0.25) is 0 Å². The highest BCUT2D eigenvalue weighted by atomic mass is 16.5. The lowest BCUT2D eigenvalue weighted by Crippen LogP contribution is -2.33. The molecule has 0 fully saturated rings. The number of likely N-dealkylation sites (N-methyl/N-ethyl adjacent to an activating group) is 1. The molecule has 0 saturated carbocycles. The maximum Gasteiger partial charge on any atom is 0.118 e. The molecule has 1 N–H and O–H groups in total. The summed E-state index contributed by atoms with van der Waals surface area (Å²) in [7, 11) is 3.70. The lowest BCUT2D eigenvalue weighted by molar-refractivity contribution is 0.160. The Labute approximate surface area is 97.7 Å². The van der Waals surface area contributed by atoms with Crippen molar-refractivity contribution >= 4 is 0 Å². The molecular formula is C13H21NO2. The summed E-state index contributed by atoms with van der Waals surface area (Å²) in [6.45, 7) is 3.18. The zero-order valence-electron chi connectivity index (χ0n) is 10.3. The van der Waals surface area contributed by atoms with Gasteiger partial charge in [0, 0.05) is 12.6 Å². The summed E-state index contributed by atoms with van der Waals surface area (Å²) in [5, 5.41) is 9.01. The molecule has 16 heavy (non-hydrogen) atoms. The van der Waals surface area contributed by atoms with E-state index in [2.05, 4.69) is 17.0 Å². The van der Waals surface area contributed by atoms with Crippen molar-refractivity contribution in [2.24, 2.45) is 0 Å². The lowest BCUT2D eigenvalue weighted by Gasteiger charge is -2.22. The highest BCUT2D eigenvalue weighted by molar-refractivity contribution is 5.27. The van der Waals surface area contributed by atoms with Gasteiger partial charge in [-0.2, -0.15) is 0 Å². The first-order valence-corrected chi connectivity index (χ1v) is 5.61. The molecule has 0 amide bonds. The lowest BCUT2D eigenvalue weighted by atomic mass is 10.1. The number of ether oxygens (including phenoxy) is 1. The minimum Gasteiger partial charge on any atom is -0.497 e. The van der Waals surface area contributed by atoms with Gasteiger partial charge in [-0.25, -0.2) is 0 Å². The summed E-state index contributed by atoms with van der Waals surface area (Å²) in [5.74, 6) is 0.890. The van der Waals surface area contributed by atoms with Crippen LogP contribution in [-0.2, 0) is 6.42 Å². The van der Waals surface area contributed by atoms with Gasteiger partial charge in [-0.3, -0.25) is 0 Å². The Morgan fingerprint density at radius 3 is 2.44 bits per heavy atom. The van der Waals surface area contributed by atoms with Crippen molar-refractivity contribution in [1.29, 1.82) is 0 Å². The first-order valence-electron chi connectivity index (χ1n) is 5.61. The molecule has 0 spiro atoms. The molecule has 1 atom stereocenters. The topological polar surface area (TPSA) is 32.7 Å². The third kappa shape index (κ3) is 3.83. The van der Waals surface area contributed by atoms with Crippen LogP contribution >= 0.6 is 0 Å². The number of aliphatic hydroxyl groups is 1. The van der Waals surface area contributed by atoms with Crippen LogP contribution in [0, 0.1) is 0 Å². The largest absolute Gasteiger partial charge is 0.497 e. The molecule has 0 aliphatic heterocycles. The molecule has 1 aromatic rings. The van der Waals surface area contributed by atoms with Gasteiger partial charge < -0.3 is 14.7 Å². The Morgan fingerprint density at radius 2 is 1.94 bits per heavy atom. The number of hydrogen-bond acceptors (Lipinski definition) is 3. The highest BCUT2D eigenvalue weighted by Gasteiger charge is 2.06. The first-order chi connectivity index (χ1) is 7.67. The van der Waals surface area contributed by atoms with E-state index in [-0.39, 0.29) is 12.6 Å². The molecule has 0 radical (unpaired) electrons. The summed E-state index contributed by atoms with van der Waals surface area (Å²) in [5.41, 5.74) is 1.29. The fraction of sp³-hybridized carbons (Fsp3) is 0.538. The Bertz CT molecular complexity index is 297. The molecule has 0 unspecified atom stereocenters. The zero-order chi connectivity index (χ0) is 12.0. The maximum absolute atomic E-state index is 9.01. The Balaban J connectivity index is 2.42. The van der Waals surface area contributed by atoms with Gasteiger partial charge in [-0.1, -0.05) is 12.1 Å². The standard InChI is InChI=1S/C13H21NO2/c1-11(10-15)14(2)9-8-12-4-6-13(16-3)7-5-12/h4-7,11,15H,8-10H2,1-3H3/t11-/m0/s1. The van der Waals surface area contributed by atoms with E-state index in [1.165, 1.54) is 5.56 Å². The van der Waals surface area contributed by atoms with E-state index < -0.39 is 0 Å². The third-order valence-electron chi connectivity index (χ3n) is 2.93. The third-order valence-corrected chi connectivity index (χ3v) is 2.93. The summed E-state index contributed by atoms with van der Waals surface area (Å²) in [6, 6.07) is 8.33. The van der Waals surface area contributed by atoms with Crippen molar-refractivity contribution in [3.63, 3.8) is 0 Å². The molecule has 0 saturated heterocycles. The second-order valence-corrected chi connectivity index (χ2v) is 4.11. The number of benzene rings is 1. The molecule has 90 valence electrons. The second kappa shape index (κ2) is 6.51. The summed E-state index contributed by atoms with van der Waals surface area (Å²) in [6.07, 6.45) is 0.991. The predicted molar refractivity (Wildman–Crippen MR) is 65.9 cm³/mol. The maximum atomic E-state index is 9.01. The molecule has 3 heteroatoms. The van der Waals surface area contributed by atoms with E-state index in [0.717, 1.165) is 18.7 Å². The molecule has 0 heterocycles. The normalized spacial score (nSPS) is 12.8. The number of aliphatic hydroxyl groups excluding tert-OH is 1. The van der Waals surface area contributed by atoms with E-state index >= 15 is 0 Å². The molecule has 1 rings (SSSR count). The van der Waals surface area contributed by atoms with Crippen LogP contribution in [0.3, 0.4) is 0 Å². The summed E-state index contributed by atoms with van der Waals surface area (Å²) < 4.78 is 5.11. The number of nitrogens with zero attached hydrogens (tertiary/aromatic N) is 1. The van der Waals surface area contributed by atoms with Crippen LogP contribution in [0.2, 0.25) is 0 Å². The van der Waals surface area contributed by atoms with Gasteiger partial charge in [-0.05, 0) is 38.1 Å². The Hall–Kier alpha value is -1.06. The van der Waals surface area contributed by atoms with Gasteiger partial charge in [0.1, 0.15) is 5.75 Å². The first kappa shape index (κ1) is 13.0. The van der Waals surface area contributed by atoms with Gasteiger partial charge in [-0.15, -0.1) is 0 Å². The van der Waals surface area contributed by atoms with Crippen LogP contribution < -0.4 is 4.74 Å². The van der Waals surface area contributed by atoms with Crippen LogP contribution in [0.15, 0.2) is 24.3 Å². The summed E-state index contributed by atoms with van der Waals surface area (Å²) in [4.78, 5) is 2.16. The smallest absolute Gasteiger partial charge is 0.118 e. The molecule has 0 aliphatic rings. The minimum absolute atomic E-state index is 0.207. The van der Waals surface area contributed by atoms with Crippen LogP contribution in [0.5, 0.6) is 5.75 Å². The highest BCUT2D eigenvalue weighted by Crippen LogP contribution is 2.12. The van der Waals surface area contributed by atoms with Crippen molar-refractivity contribution in [3.8, 4) is 5.75 Å². The van der Waals surface area contributed by atoms with Crippen molar-refractivity contribution in [3.05, 3.63) is 29.8 Å². The zero-order valence-corrected chi connectivity index (χ0v) is 10.3. The van der Waals surface area contributed by atoms with Gasteiger partial charge in [0.05, 0.1) is 13.7 Å². The van der Waals surface area contributed by atoms with Gasteiger partial charge >= 0.3 is 0 Å². The SMILES string of the molecule is COc1ccc(CCN(C)[C@@H](C)CO)cc1. The van der Waals surface area contributed by atoms with Crippen LogP contribution in [0.1, 0.15) is 12.5 Å². The average Bonchev–Trinajstić information content (AvgIpc) is 2.35. The fourth-order valence-corrected chi connectivity index (χ4v) is 1.46. The van der Waals surface area contributed by atoms with Gasteiger partial charge in [0.15, 0.2) is 0 Å². The molecule has 0 aliphatic carbocycles. The average molecular weight is 223 g/mol. The van der Waals surface area contributed by atoms with Crippen LogP contribution in [-0.4, -0.2) is 43.4 Å². The molecular weight excluding hydrogens is 202 g/mol. The van der Waals surface area contributed by atoms with Crippen molar-refractivity contribution in [2.45, 2.75) is 19.4 Å². The van der Waals surface area contributed by atoms with Crippen molar-refractivity contribution in [1.82, 2.24) is 4.90 Å². The summed E-state index contributed by atoms with van der Waals surface area (Å²) >= 11 is 0. The number of hydrogen-bond donors (Lipinski definition) is 1. The Morgan fingerprint density at radius 1 is 1.31 bits per heavy atom. The van der Waals surface area contributed by atoms with E-state index in [9.17, 15) is 0 Å². The van der Waals surface area contributed by atoms with Crippen molar-refractivity contribution < 1.29 is 9.84 Å². The van der Waals surface area contributed by atoms with Gasteiger partial charge in [0.25, 0.3) is 0 Å². The quantitative estimate of drug-likeness (QED) is 0.794. The van der Waals surface area contributed by atoms with E-state index in [4.69, 9.17) is 9.84 Å². The van der Waals surface area contributed by atoms with Crippen LogP contribution in [0.25, 0.3) is 0 Å². The fourth-order valence-electron chi connectivity index (χ4n) is 1.46. The van der Waals surface area contributed by atoms with Crippen LogP contribution in [0.4, 0.5) is 0 Å². The van der Waals surface area contributed by atoms with Crippen molar-refractivity contribution in [2.75, 3.05) is 27.3 Å². The number of rotatable bonds is 6. The molecule has 3 nitrogen and oxygen atoms in total. The molecule has 0 bridgehead atoms. The van der Waals surface area contributed by atoms with E-state index in [0.29, 0.717) is 0 Å². The van der Waals surface area contributed by atoms with E-state index in [1.54, 1.807) is 7.11 Å².